The predicted octanol–water partition coefficient (Wildman–Crippen LogP) is 3.28. The lowest BCUT2D eigenvalue weighted by molar-refractivity contribution is 0.0209. The highest BCUT2D eigenvalue weighted by Crippen LogP contribution is 2.22. The molecule has 3 atom stereocenters. The first kappa shape index (κ1) is 18.0. The van der Waals surface area contributed by atoms with Crippen molar-refractivity contribution >= 4 is 5.78 Å². The Bertz CT molecular complexity index is 490. The number of rotatable bonds is 7. The summed E-state index contributed by atoms with van der Waals surface area (Å²) in [5.41, 5.74) is 0.705. The molecule has 23 heavy (non-hydrogen) atoms. The standard InChI is InChI=1S/C19H29NO3/c1-4-19(22)16-8-10-18(11-9-16)23-13-17(21)12-20-14(2)6-5-7-15(20)3/h8-11,14-15,17,21H,4-7,12-13H2,1-3H3/t14-,15-,17-/m1/s1. The molecule has 1 aromatic rings. The first-order valence-electron chi connectivity index (χ1n) is 8.71. The van der Waals surface area contributed by atoms with E-state index in [1.807, 2.05) is 6.92 Å². The largest absolute Gasteiger partial charge is 0.491 e. The Morgan fingerprint density at radius 1 is 1.26 bits per heavy atom. The van der Waals surface area contributed by atoms with Crippen LogP contribution in [0.25, 0.3) is 0 Å². The van der Waals surface area contributed by atoms with Crippen LogP contribution in [0.3, 0.4) is 0 Å². The number of hydrogen-bond donors (Lipinski definition) is 1. The Morgan fingerprint density at radius 2 is 1.87 bits per heavy atom. The van der Waals surface area contributed by atoms with Gasteiger partial charge in [-0.1, -0.05) is 13.3 Å². The van der Waals surface area contributed by atoms with E-state index < -0.39 is 6.10 Å². The molecule has 0 aliphatic carbocycles. The predicted molar refractivity (Wildman–Crippen MR) is 92.0 cm³/mol. The van der Waals surface area contributed by atoms with Crippen LogP contribution in [0, 0.1) is 0 Å². The van der Waals surface area contributed by atoms with Gasteiger partial charge in [0.1, 0.15) is 18.5 Å². The molecule has 1 N–H and O–H groups in total. The van der Waals surface area contributed by atoms with E-state index in [9.17, 15) is 9.90 Å². The fourth-order valence-electron chi connectivity index (χ4n) is 3.26. The highest BCUT2D eigenvalue weighted by atomic mass is 16.5. The molecule has 1 fully saturated rings. The van der Waals surface area contributed by atoms with Crippen molar-refractivity contribution in [3.63, 3.8) is 0 Å². The molecule has 0 spiro atoms. The molecule has 1 aliphatic heterocycles. The van der Waals surface area contributed by atoms with Crippen molar-refractivity contribution in [2.45, 2.75) is 64.6 Å². The minimum absolute atomic E-state index is 0.129. The Hall–Kier alpha value is -1.39. The highest BCUT2D eigenvalue weighted by Gasteiger charge is 2.26. The van der Waals surface area contributed by atoms with E-state index in [2.05, 4.69) is 18.7 Å². The second kappa shape index (κ2) is 8.46. The molecular formula is C19H29NO3. The quantitative estimate of drug-likeness (QED) is 0.784. The van der Waals surface area contributed by atoms with Crippen molar-refractivity contribution in [2.75, 3.05) is 13.2 Å². The molecule has 0 unspecified atom stereocenters. The molecule has 0 amide bonds. The Labute approximate surface area is 139 Å². The van der Waals surface area contributed by atoms with Gasteiger partial charge in [-0.3, -0.25) is 9.69 Å². The molecule has 1 aliphatic rings. The van der Waals surface area contributed by atoms with Gasteiger partial charge in [-0.15, -0.1) is 0 Å². The van der Waals surface area contributed by atoms with E-state index in [-0.39, 0.29) is 12.4 Å². The molecule has 2 rings (SSSR count). The maximum Gasteiger partial charge on any atom is 0.162 e. The van der Waals surface area contributed by atoms with E-state index >= 15 is 0 Å². The van der Waals surface area contributed by atoms with Crippen LogP contribution < -0.4 is 4.74 Å². The van der Waals surface area contributed by atoms with Gasteiger partial charge in [0.05, 0.1) is 0 Å². The summed E-state index contributed by atoms with van der Waals surface area (Å²) in [6.45, 7) is 7.23. The minimum Gasteiger partial charge on any atom is -0.491 e. The fraction of sp³-hybridized carbons (Fsp3) is 0.632. The van der Waals surface area contributed by atoms with Gasteiger partial charge >= 0.3 is 0 Å². The molecule has 1 saturated heterocycles. The van der Waals surface area contributed by atoms with Gasteiger partial charge in [-0.05, 0) is 51.0 Å². The molecule has 0 radical (unpaired) electrons. The lowest BCUT2D eigenvalue weighted by Gasteiger charge is -2.40. The Morgan fingerprint density at radius 3 is 2.43 bits per heavy atom. The number of β-amino-alcohol motifs (C(OH)–C–C–N with tert-alkyl or cyclic N) is 1. The van der Waals surface area contributed by atoms with Crippen molar-refractivity contribution in [1.29, 1.82) is 0 Å². The summed E-state index contributed by atoms with van der Waals surface area (Å²) >= 11 is 0. The number of ketones is 1. The Balaban J connectivity index is 1.81. The highest BCUT2D eigenvalue weighted by molar-refractivity contribution is 5.95. The van der Waals surface area contributed by atoms with Crippen LogP contribution in [-0.2, 0) is 0 Å². The molecule has 1 heterocycles. The van der Waals surface area contributed by atoms with Crippen molar-refractivity contribution < 1.29 is 14.6 Å². The monoisotopic (exact) mass is 319 g/mol. The van der Waals surface area contributed by atoms with E-state index in [1.165, 1.54) is 19.3 Å². The average molecular weight is 319 g/mol. The molecule has 4 nitrogen and oxygen atoms in total. The lowest BCUT2D eigenvalue weighted by atomic mass is 9.97. The normalized spacial score (nSPS) is 23.5. The first-order valence-corrected chi connectivity index (χ1v) is 8.71. The molecule has 128 valence electrons. The van der Waals surface area contributed by atoms with Crippen LogP contribution in [0.1, 0.15) is 56.8 Å². The number of ether oxygens (including phenoxy) is 1. The summed E-state index contributed by atoms with van der Waals surface area (Å²) in [5.74, 6) is 0.820. The lowest BCUT2D eigenvalue weighted by Crippen LogP contribution is -2.48. The molecule has 1 aromatic carbocycles. The SMILES string of the molecule is CCC(=O)c1ccc(OC[C@H](O)CN2[C@H](C)CCC[C@H]2C)cc1. The molecule has 4 heteroatoms. The van der Waals surface area contributed by atoms with Gasteiger partial charge in [0.2, 0.25) is 0 Å². The number of carbonyl (C=O) groups excluding carboxylic acids is 1. The number of nitrogens with zero attached hydrogens (tertiary/aromatic N) is 1. The maximum absolute atomic E-state index is 11.6. The third-order valence-corrected chi connectivity index (χ3v) is 4.74. The van der Waals surface area contributed by atoms with Crippen molar-refractivity contribution in [3.8, 4) is 5.75 Å². The van der Waals surface area contributed by atoms with Crippen LogP contribution in [0.5, 0.6) is 5.75 Å². The number of hydrogen-bond acceptors (Lipinski definition) is 4. The topological polar surface area (TPSA) is 49.8 Å². The van der Waals surface area contributed by atoms with Crippen LogP contribution in [0.4, 0.5) is 0 Å². The van der Waals surface area contributed by atoms with E-state index in [4.69, 9.17) is 4.74 Å². The summed E-state index contributed by atoms with van der Waals surface area (Å²) in [6, 6.07) is 8.19. The van der Waals surface area contributed by atoms with Crippen LogP contribution in [0.2, 0.25) is 0 Å². The molecule has 0 bridgehead atoms. The smallest absolute Gasteiger partial charge is 0.162 e. The third kappa shape index (κ3) is 5.05. The minimum atomic E-state index is -0.505. The summed E-state index contributed by atoms with van der Waals surface area (Å²) in [5, 5.41) is 10.3. The van der Waals surface area contributed by atoms with E-state index in [1.54, 1.807) is 24.3 Å². The number of benzene rings is 1. The van der Waals surface area contributed by atoms with Crippen LogP contribution >= 0.6 is 0 Å². The number of aliphatic hydroxyl groups is 1. The third-order valence-electron chi connectivity index (χ3n) is 4.74. The zero-order valence-corrected chi connectivity index (χ0v) is 14.5. The number of carbonyl (C=O) groups is 1. The molecular weight excluding hydrogens is 290 g/mol. The fourth-order valence-corrected chi connectivity index (χ4v) is 3.26. The van der Waals surface area contributed by atoms with Gasteiger partial charge in [0.25, 0.3) is 0 Å². The van der Waals surface area contributed by atoms with Gasteiger partial charge < -0.3 is 9.84 Å². The average Bonchev–Trinajstić information content (AvgIpc) is 2.56. The number of Topliss-reactive ketones (excluding diaryl/α,β-unsaturated/α-hetero) is 1. The number of likely N-dealkylation sites (tertiary alicyclic amines) is 1. The number of piperidine rings is 1. The van der Waals surface area contributed by atoms with E-state index in [0.717, 1.165) is 0 Å². The zero-order valence-electron chi connectivity index (χ0n) is 14.5. The van der Waals surface area contributed by atoms with Gasteiger partial charge in [-0.25, -0.2) is 0 Å². The summed E-state index contributed by atoms with van der Waals surface area (Å²) in [6.07, 6.45) is 3.67. The summed E-state index contributed by atoms with van der Waals surface area (Å²) in [7, 11) is 0. The van der Waals surface area contributed by atoms with E-state index in [0.29, 0.717) is 36.4 Å². The summed E-state index contributed by atoms with van der Waals surface area (Å²) < 4.78 is 5.66. The van der Waals surface area contributed by atoms with Crippen molar-refractivity contribution in [3.05, 3.63) is 29.8 Å². The molecule has 0 saturated carbocycles. The summed E-state index contributed by atoms with van der Waals surface area (Å²) in [4.78, 5) is 14.0. The Kier molecular flexibility index (Phi) is 6.60. The molecule has 0 aromatic heterocycles. The second-order valence-electron chi connectivity index (χ2n) is 6.59. The van der Waals surface area contributed by atoms with Gasteiger partial charge in [-0.2, -0.15) is 0 Å². The first-order chi connectivity index (χ1) is 11.0. The van der Waals surface area contributed by atoms with Crippen molar-refractivity contribution in [1.82, 2.24) is 4.90 Å². The van der Waals surface area contributed by atoms with Crippen molar-refractivity contribution in [2.24, 2.45) is 0 Å². The second-order valence-corrected chi connectivity index (χ2v) is 6.59. The van der Waals surface area contributed by atoms with Gasteiger partial charge in [0.15, 0.2) is 5.78 Å². The maximum atomic E-state index is 11.6. The van der Waals surface area contributed by atoms with Gasteiger partial charge in [0, 0.05) is 30.6 Å². The van der Waals surface area contributed by atoms with Crippen LogP contribution in [-0.4, -0.2) is 47.1 Å². The zero-order chi connectivity index (χ0) is 16.8. The van der Waals surface area contributed by atoms with Crippen LogP contribution in [0.15, 0.2) is 24.3 Å². The number of aliphatic hydroxyl groups excluding tert-OH is 1.